The highest BCUT2D eigenvalue weighted by Crippen LogP contribution is 2.50. The van der Waals surface area contributed by atoms with Crippen LogP contribution in [0.1, 0.15) is 40.0 Å². The Morgan fingerprint density at radius 1 is 1.32 bits per heavy atom. The van der Waals surface area contributed by atoms with Gasteiger partial charge in [0.15, 0.2) is 5.78 Å². The summed E-state index contributed by atoms with van der Waals surface area (Å²) in [6.07, 6.45) is 1.16. The molecule has 4 nitrogen and oxygen atoms in total. The average molecular weight is 264 g/mol. The predicted octanol–water partition coefficient (Wildman–Crippen LogP) is 1.61. The Balaban J connectivity index is 2.05. The quantitative estimate of drug-likeness (QED) is 0.675. The van der Waals surface area contributed by atoms with E-state index in [0.717, 1.165) is 11.1 Å². The van der Waals surface area contributed by atoms with Crippen LogP contribution in [0.25, 0.3) is 0 Å². The highest BCUT2D eigenvalue weighted by atomic mass is 16.6. The number of Topliss-reactive ketones (excluding diaryl/α,β-unsaturated/α-hetero) is 1. The first-order chi connectivity index (χ1) is 8.84. The molecule has 19 heavy (non-hydrogen) atoms. The number of allylic oxidation sites excluding steroid dienone is 1. The van der Waals surface area contributed by atoms with Gasteiger partial charge in [0.05, 0.1) is 5.92 Å². The minimum atomic E-state index is -1.14. The molecular weight excluding hydrogens is 244 g/mol. The Kier molecular flexibility index (Phi) is 2.65. The summed E-state index contributed by atoms with van der Waals surface area (Å²) in [6.45, 7) is 5.65. The summed E-state index contributed by atoms with van der Waals surface area (Å²) in [5, 5.41) is 10.9. The van der Waals surface area contributed by atoms with Crippen LogP contribution in [0.3, 0.4) is 0 Å². The molecule has 1 saturated carbocycles. The number of rotatable bonds is 0. The lowest BCUT2D eigenvalue weighted by molar-refractivity contribution is -0.144. The third-order valence-electron chi connectivity index (χ3n) is 5.42. The van der Waals surface area contributed by atoms with Gasteiger partial charge in [0.2, 0.25) is 0 Å². The van der Waals surface area contributed by atoms with Gasteiger partial charge >= 0.3 is 5.97 Å². The smallest absolute Gasteiger partial charge is 0.312 e. The molecule has 1 heterocycles. The van der Waals surface area contributed by atoms with E-state index in [4.69, 9.17) is 4.74 Å². The van der Waals surface area contributed by atoms with Crippen LogP contribution in [0.2, 0.25) is 0 Å². The Morgan fingerprint density at radius 3 is 2.68 bits per heavy atom. The van der Waals surface area contributed by atoms with E-state index in [1.54, 1.807) is 6.92 Å². The number of ether oxygens (including phenoxy) is 1. The van der Waals surface area contributed by atoms with Gasteiger partial charge in [0, 0.05) is 12.8 Å². The molecule has 5 atom stereocenters. The summed E-state index contributed by atoms with van der Waals surface area (Å²) in [4.78, 5) is 23.6. The van der Waals surface area contributed by atoms with Crippen molar-refractivity contribution in [3.05, 3.63) is 11.1 Å². The van der Waals surface area contributed by atoms with Crippen molar-refractivity contribution in [3.8, 4) is 0 Å². The number of carbonyl (C=O) groups excluding carboxylic acids is 2. The van der Waals surface area contributed by atoms with E-state index in [9.17, 15) is 14.7 Å². The fourth-order valence-corrected chi connectivity index (χ4v) is 3.89. The number of hydrogen-bond acceptors (Lipinski definition) is 4. The maximum Gasteiger partial charge on any atom is 0.312 e. The summed E-state index contributed by atoms with van der Waals surface area (Å²) in [7, 11) is 0. The van der Waals surface area contributed by atoms with Gasteiger partial charge in [-0.1, -0.05) is 12.5 Å². The Hall–Kier alpha value is -1.16. The minimum Gasteiger partial charge on any atom is -0.459 e. The van der Waals surface area contributed by atoms with E-state index in [1.807, 2.05) is 6.92 Å². The lowest BCUT2D eigenvalue weighted by atomic mass is 9.81. The van der Waals surface area contributed by atoms with Crippen molar-refractivity contribution >= 4 is 11.8 Å². The predicted molar refractivity (Wildman–Crippen MR) is 68.2 cm³/mol. The number of ketones is 1. The second-order valence-corrected chi connectivity index (χ2v) is 6.41. The molecule has 0 spiro atoms. The SMILES string of the molecule is CC1=C2CC3(O)C(CC(C)C2CC1=O)OC(=O)C3C. The molecule has 2 fully saturated rings. The monoisotopic (exact) mass is 264 g/mol. The number of carbonyl (C=O) groups is 2. The molecule has 104 valence electrons. The highest BCUT2D eigenvalue weighted by Gasteiger charge is 2.57. The molecule has 3 aliphatic rings. The second kappa shape index (κ2) is 3.92. The molecule has 0 amide bonds. The van der Waals surface area contributed by atoms with Crippen molar-refractivity contribution in [3.63, 3.8) is 0 Å². The van der Waals surface area contributed by atoms with Crippen molar-refractivity contribution in [1.82, 2.24) is 0 Å². The van der Waals surface area contributed by atoms with E-state index >= 15 is 0 Å². The molecule has 3 rings (SSSR count). The Morgan fingerprint density at radius 2 is 2.00 bits per heavy atom. The maximum absolute atomic E-state index is 11.9. The van der Waals surface area contributed by atoms with Crippen molar-refractivity contribution in [2.24, 2.45) is 17.8 Å². The van der Waals surface area contributed by atoms with Gasteiger partial charge in [-0.05, 0) is 37.7 Å². The van der Waals surface area contributed by atoms with Crippen LogP contribution in [-0.4, -0.2) is 28.6 Å². The molecule has 1 N–H and O–H groups in total. The maximum atomic E-state index is 11.9. The molecule has 4 heteroatoms. The summed E-state index contributed by atoms with van der Waals surface area (Å²) in [5.74, 6) is -0.173. The summed E-state index contributed by atoms with van der Waals surface area (Å²) in [6, 6.07) is 0. The van der Waals surface area contributed by atoms with E-state index in [2.05, 4.69) is 6.92 Å². The number of aliphatic hydroxyl groups is 1. The first kappa shape index (κ1) is 12.9. The van der Waals surface area contributed by atoms with Crippen LogP contribution < -0.4 is 0 Å². The average Bonchev–Trinajstić information content (AvgIpc) is 2.69. The zero-order chi connectivity index (χ0) is 13.9. The van der Waals surface area contributed by atoms with Crippen LogP contribution in [0.5, 0.6) is 0 Å². The zero-order valence-corrected chi connectivity index (χ0v) is 11.6. The van der Waals surface area contributed by atoms with E-state index in [1.165, 1.54) is 0 Å². The first-order valence-electron chi connectivity index (χ1n) is 7.00. The number of fused-ring (bicyclic) bond motifs is 2. The second-order valence-electron chi connectivity index (χ2n) is 6.41. The van der Waals surface area contributed by atoms with Crippen LogP contribution in [-0.2, 0) is 14.3 Å². The van der Waals surface area contributed by atoms with Gasteiger partial charge in [0.25, 0.3) is 0 Å². The number of esters is 1. The minimum absolute atomic E-state index is 0.187. The zero-order valence-electron chi connectivity index (χ0n) is 11.6. The van der Waals surface area contributed by atoms with Gasteiger partial charge in [0.1, 0.15) is 11.7 Å². The third kappa shape index (κ3) is 1.62. The summed E-state index contributed by atoms with van der Waals surface area (Å²) >= 11 is 0. The fraction of sp³-hybridized carbons (Fsp3) is 0.733. The molecule has 5 unspecified atom stereocenters. The van der Waals surface area contributed by atoms with E-state index < -0.39 is 17.6 Å². The largest absolute Gasteiger partial charge is 0.459 e. The lowest BCUT2D eigenvalue weighted by Crippen LogP contribution is -2.43. The Labute approximate surface area is 112 Å². The Bertz CT molecular complexity index is 492. The summed E-state index contributed by atoms with van der Waals surface area (Å²) < 4.78 is 5.36. The number of hydrogen-bond donors (Lipinski definition) is 1. The van der Waals surface area contributed by atoms with Crippen molar-refractivity contribution in [2.45, 2.75) is 51.7 Å². The van der Waals surface area contributed by atoms with Crippen molar-refractivity contribution < 1.29 is 19.4 Å². The van der Waals surface area contributed by atoms with Crippen molar-refractivity contribution in [2.75, 3.05) is 0 Å². The highest BCUT2D eigenvalue weighted by molar-refractivity contribution is 5.98. The van der Waals surface area contributed by atoms with Crippen molar-refractivity contribution in [1.29, 1.82) is 0 Å². The normalized spacial score (nSPS) is 45.9. The van der Waals surface area contributed by atoms with Crippen LogP contribution in [0, 0.1) is 17.8 Å². The molecule has 1 saturated heterocycles. The topological polar surface area (TPSA) is 63.6 Å². The molecule has 0 aromatic carbocycles. The van der Waals surface area contributed by atoms with Gasteiger partial charge in [-0.3, -0.25) is 9.59 Å². The lowest BCUT2D eigenvalue weighted by Gasteiger charge is -2.29. The van der Waals surface area contributed by atoms with Crippen LogP contribution in [0.4, 0.5) is 0 Å². The fourth-order valence-electron chi connectivity index (χ4n) is 3.89. The molecule has 0 aromatic rings. The summed E-state index contributed by atoms with van der Waals surface area (Å²) in [5.41, 5.74) is 0.700. The molecule has 0 bridgehead atoms. The van der Waals surface area contributed by atoms with Gasteiger partial charge in [-0.15, -0.1) is 0 Å². The van der Waals surface area contributed by atoms with E-state index in [-0.39, 0.29) is 23.6 Å². The van der Waals surface area contributed by atoms with E-state index in [0.29, 0.717) is 19.3 Å². The standard InChI is InChI=1S/C15H20O4/c1-7-4-13-15(18,9(3)14(17)19-13)6-11-8(2)12(16)5-10(7)11/h7,9-10,13,18H,4-6H2,1-3H3. The molecular formula is C15H20O4. The van der Waals surface area contributed by atoms with Gasteiger partial charge < -0.3 is 9.84 Å². The third-order valence-corrected chi connectivity index (χ3v) is 5.42. The molecule has 0 radical (unpaired) electrons. The van der Waals surface area contributed by atoms with Crippen LogP contribution >= 0.6 is 0 Å². The first-order valence-corrected chi connectivity index (χ1v) is 7.00. The molecule has 1 aliphatic heterocycles. The molecule has 2 aliphatic carbocycles. The van der Waals surface area contributed by atoms with Crippen LogP contribution in [0.15, 0.2) is 11.1 Å². The van der Waals surface area contributed by atoms with Gasteiger partial charge in [-0.2, -0.15) is 0 Å². The van der Waals surface area contributed by atoms with Gasteiger partial charge in [-0.25, -0.2) is 0 Å². The molecule has 0 aromatic heterocycles.